The van der Waals surface area contributed by atoms with E-state index in [4.69, 9.17) is 33.7 Å². The lowest BCUT2D eigenvalue weighted by atomic mass is 9.54. The molecular formula is C78H90N2O11. The van der Waals surface area contributed by atoms with Gasteiger partial charge in [-0.25, -0.2) is 0 Å². The predicted octanol–water partition coefficient (Wildman–Crippen LogP) is 13.3. The third-order valence-corrected chi connectivity index (χ3v) is 27.2. The molecule has 18 unspecified atom stereocenters. The molecule has 1 saturated heterocycles. The third-order valence-electron chi connectivity index (χ3n) is 27.2. The fourth-order valence-corrected chi connectivity index (χ4v) is 23.8. The Kier molecular flexibility index (Phi) is 13.6. The summed E-state index contributed by atoms with van der Waals surface area (Å²) in [5, 5.41) is 70.4. The maximum absolute atomic E-state index is 13.8. The number of benzene rings is 5. The Morgan fingerprint density at radius 2 is 1.59 bits per heavy atom. The van der Waals surface area contributed by atoms with Crippen LogP contribution in [-0.2, 0) is 15.9 Å². The standard InChI is InChI=1S/C78H90N2O11/c1-86-29-8-14-64-67(62-41-88-70-48(34-55(38-60(70)69(62)85)89-54-12-2-3-13-54)31-47-33-52(82)18-21-56(47)45-9-6-11-51(81)32-45)72-61-39-65(59-37-53(83)19-22-57(59)71(61)90-64)87-30-7-10-50-40-79-77(80-78(50)49-17-20-58(63(84)36-49)73(78)91-72)43-75(24-4-5-25-75)76-28-27-74(42-76)26-23-44-15-16-46(68(44)74)35-66(76)77/h6,9,11,17-22,32-34,37-39,44,46,49-50,54,58,62-64,66-69,72-73,79-85H,2-5,8,12-16,23-31,35-36,40-43H2,1H3. The lowest BCUT2D eigenvalue weighted by molar-refractivity contribution is -0.211. The highest BCUT2D eigenvalue weighted by Gasteiger charge is 2.78. The number of aliphatic hydroxyl groups is 2. The first-order chi connectivity index (χ1) is 44.4. The summed E-state index contributed by atoms with van der Waals surface area (Å²) in [4.78, 5) is 0. The van der Waals surface area contributed by atoms with Gasteiger partial charge < -0.3 is 54.0 Å². The van der Waals surface area contributed by atoms with Gasteiger partial charge in [0, 0.05) is 77.8 Å². The van der Waals surface area contributed by atoms with Crippen molar-refractivity contribution in [1.29, 1.82) is 0 Å². The van der Waals surface area contributed by atoms with Crippen LogP contribution in [0.4, 0.5) is 0 Å². The van der Waals surface area contributed by atoms with Crippen LogP contribution in [0, 0.1) is 81.3 Å². The molecule has 8 saturated carbocycles. The molecular weight excluding hydrogens is 1140 g/mol. The lowest BCUT2D eigenvalue weighted by Crippen LogP contribution is -2.83. The van der Waals surface area contributed by atoms with Gasteiger partial charge in [-0.2, -0.15) is 0 Å². The molecule has 478 valence electrons. The average molecular weight is 1230 g/mol. The summed E-state index contributed by atoms with van der Waals surface area (Å²) >= 11 is 0. The van der Waals surface area contributed by atoms with E-state index in [1.54, 1.807) is 43.5 Å². The molecule has 4 heterocycles. The summed E-state index contributed by atoms with van der Waals surface area (Å²) in [6.45, 7) is 1.47. The molecule has 13 heteroatoms. The van der Waals surface area contributed by atoms with E-state index in [2.05, 4.69) is 41.4 Å². The zero-order valence-electron chi connectivity index (χ0n) is 52.7. The van der Waals surface area contributed by atoms with Crippen LogP contribution in [0.1, 0.15) is 163 Å². The van der Waals surface area contributed by atoms with E-state index >= 15 is 0 Å². The first-order valence-corrected chi connectivity index (χ1v) is 35.3. The van der Waals surface area contributed by atoms with Crippen molar-refractivity contribution in [2.75, 3.05) is 33.5 Å². The molecule has 19 rings (SSSR count). The van der Waals surface area contributed by atoms with E-state index in [0.717, 1.165) is 83.1 Å². The van der Waals surface area contributed by atoms with Crippen molar-refractivity contribution in [3.63, 3.8) is 0 Å². The van der Waals surface area contributed by atoms with Crippen molar-refractivity contribution in [2.45, 2.75) is 183 Å². The summed E-state index contributed by atoms with van der Waals surface area (Å²) in [7, 11) is 1.74. The average Bonchev–Trinajstić information content (AvgIpc) is 1.52. The SMILES string of the molecule is COCCCC1Oc2c3cc(c4cc(O)ccc24)OCC#CC2CNC4(CC5(CCCC5)C56CCC7(CCC8CCC(CC45)C87)C6)NC24C2C=CC(C(O)C2)C4OC3C1C1COc2c(Cc3cc(O)ccc3-c3cccc(O)c3)cc(OC3CCCC3)cc2C1O. The number of aliphatic hydroxyl groups excluding tert-OH is 2. The molecule has 4 aliphatic heterocycles. The van der Waals surface area contributed by atoms with Crippen LogP contribution in [0.25, 0.3) is 21.9 Å². The van der Waals surface area contributed by atoms with Crippen LogP contribution < -0.4 is 29.6 Å². The first-order valence-electron chi connectivity index (χ1n) is 35.3. The van der Waals surface area contributed by atoms with Crippen LogP contribution in [-0.4, -0.2) is 94.6 Å². The van der Waals surface area contributed by atoms with Gasteiger partial charge in [-0.15, -0.1) is 0 Å². The minimum Gasteiger partial charge on any atom is -0.508 e. The van der Waals surface area contributed by atoms with E-state index < -0.39 is 47.9 Å². The predicted molar refractivity (Wildman–Crippen MR) is 345 cm³/mol. The monoisotopic (exact) mass is 1230 g/mol. The molecule has 7 N–H and O–H groups in total. The number of hydrogen-bond donors (Lipinski definition) is 7. The number of rotatable bonds is 10. The second-order valence-electron chi connectivity index (χ2n) is 31.1. The molecule has 0 amide bonds. The summed E-state index contributed by atoms with van der Waals surface area (Å²) < 4.78 is 43.0. The van der Waals surface area contributed by atoms with Crippen LogP contribution in [0.2, 0.25) is 0 Å². The Morgan fingerprint density at radius 3 is 2.45 bits per heavy atom. The topological polar surface area (TPSA) is 181 Å². The zero-order valence-corrected chi connectivity index (χ0v) is 52.7. The lowest BCUT2D eigenvalue weighted by Gasteiger charge is -2.65. The number of hydrogen-bond acceptors (Lipinski definition) is 13. The zero-order chi connectivity index (χ0) is 61.2. The number of nitrogens with one attached hydrogen (secondary N) is 2. The van der Waals surface area contributed by atoms with Gasteiger partial charge in [-0.05, 0) is 233 Å². The van der Waals surface area contributed by atoms with Crippen LogP contribution in [0.15, 0.2) is 91.0 Å². The minimum absolute atomic E-state index is 0.0301. The molecule has 91 heavy (non-hydrogen) atoms. The normalized spacial score (nSPS) is 39.1. The highest BCUT2D eigenvalue weighted by molar-refractivity contribution is 5.96. The van der Waals surface area contributed by atoms with Crippen molar-refractivity contribution in [3.8, 4) is 63.2 Å². The number of methoxy groups -OCH3 is 1. The van der Waals surface area contributed by atoms with Crippen molar-refractivity contribution in [3.05, 3.63) is 113 Å². The van der Waals surface area contributed by atoms with Crippen molar-refractivity contribution >= 4 is 10.8 Å². The smallest absolute Gasteiger partial charge is 0.149 e. The molecule has 5 aromatic carbocycles. The van der Waals surface area contributed by atoms with Crippen molar-refractivity contribution in [1.82, 2.24) is 10.6 Å². The van der Waals surface area contributed by atoms with Crippen molar-refractivity contribution in [2.24, 2.45) is 69.5 Å². The van der Waals surface area contributed by atoms with Gasteiger partial charge in [0.1, 0.15) is 53.0 Å². The molecule has 5 aromatic rings. The van der Waals surface area contributed by atoms with E-state index in [0.29, 0.717) is 84.1 Å². The minimum atomic E-state index is -1.08. The molecule has 5 spiro atoms. The van der Waals surface area contributed by atoms with E-state index in [9.17, 15) is 25.5 Å². The summed E-state index contributed by atoms with van der Waals surface area (Å²) in [6.07, 6.45) is 24.8. The number of ether oxygens (including phenoxy) is 6. The second kappa shape index (κ2) is 21.5. The Morgan fingerprint density at radius 1 is 0.747 bits per heavy atom. The molecule has 13 nitrogen and oxygen atoms in total. The number of phenols is 3. The van der Waals surface area contributed by atoms with Crippen LogP contribution in [0.5, 0.6) is 40.2 Å². The number of fused-ring (bicyclic) bond motifs is 7. The molecule has 10 aliphatic carbocycles. The van der Waals surface area contributed by atoms with Gasteiger partial charge >= 0.3 is 0 Å². The van der Waals surface area contributed by atoms with Crippen LogP contribution in [0.3, 0.4) is 0 Å². The Labute approximate surface area is 535 Å². The Bertz CT molecular complexity index is 3810. The maximum atomic E-state index is 13.8. The van der Waals surface area contributed by atoms with Crippen molar-refractivity contribution < 1.29 is 54.0 Å². The fraction of sp³-hybridized carbons (Fsp3) is 0.590. The third kappa shape index (κ3) is 8.69. The molecule has 0 aromatic heterocycles. The fourth-order valence-electron chi connectivity index (χ4n) is 23.8. The second-order valence-corrected chi connectivity index (χ2v) is 31.1. The van der Waals surface area contributed by atoms with E-state index in [-0.39, 0.29) is 70.8 Å². The highest BCUT2D eigenvalue weighted by atomic mass is 16.5. The largest absolute Gasteiger partial charge is 0.508 e. The highest BCUT2D eigenvalue weighted by Crippen LogP contribution is 2.82. The molecule has 0 radical (unpaired) electrons. The Balaban J connectivity index is 0.795. The Hall–Kier alpha value is -5.98. The summed E-state index contributed by atoms with van der Waals surface area (Å²) in [5.74, 6) is 11.5. The van der Waals surface area contributed by atoms with Crippen LogP contribution >= 0.6 is 0 Å². The van der Waals surface area contributed by atoms with E-state index in [1.807, 2.05) is 30.3 Å². The molecule has 18 atom stereocenters. The molecule has 6 bridgehead atoms. The van der Waals surface area contributed by atoms with Gasteiger partial charge in [-0.3, -0.25) is 10.6 Å². The molecule has 9 fully saturated rings. The van der Waals surface area contributed by atoms with Gasteiger partial charge in [-0.1, -0.05) is 55.0 Å². The molecule has 14 aliphatic rings. The quantitative estimate of drug-likeness (QED) is 0.0399. The van der Waals surface area contributed by atoms with Gasteiger partial charge in [0.15, 0.2) is 0 Å². The first kappa shape index (κ1) is 57.7. The number of aromatic hydroxyl groups is 3. The summed E-state index contributed by atoms with van der Waals surface area (Å²) in [6, 6.07) is 24.0. The van der Waals surface area contributed by atoms with E-state index in [1.165, 1.54) is 77.0 Å². The van der Waals surface area contributed by atoms with Gasteiger partial charge in [0.25, 0.3) is 0 Å². The van der Waals surface area contributed by atoms with Gasteiger partial charge in [0.05, 0.1) is 54.2 Å². The van der Waals surface area contributed by atoms with Gasteiger partial charge in [0.2, 0.25) is 0 Å². The maximum Gasteiger partial charge on any atom is 0.149 e. The summed E-state index contributed by atoms with van der Waals surface area (Å²) in [5.41, 5.74) is 4.66. The number of phenolic OH excluding ortho intramolecular Hbond substituents is 3.